The molecule has 4 aromatic carbocycles. The van der Waals surface area contributed by atoms with Crippen LogP contribution in [0.25, 0.3) is 0 Å². The Balaban J connectivity index is 2.17. The van der Waals surface area contributed by atoms with Gasteiger partial charge in [-0.05, 0) is 48.5 Å². The number of hydrogen-bond donors (Lipinski definition) is 0. The van der Waals surface area contributed by atoms with Gasteiger partial charge < -0.3 is 0 Å². The predicted molar refractivity (Wildman–Crippen MR) is 116 cm³/mol. The maximum Gasteiger partial charge on any atom is 0.145 e. The highest BCUT2D eigenvalue weighted by Crippen LogP contribution is 2.55. The summed E-state index contributed by atoms with van der Waals surface area (Å²) in [5.41, 5.74) is 0. The van der Waals surface area contributed by atoms with E-state index in [4.69, 9.17) is 11.6 Å². The van der Waals surface area contributed by atoms with Gasteiger partial charge in [-0.15, -0.1) is 0 Å². The van der Waals surface area contributed by atoms with Crippen LogP contribution in [0.3, 0.4) is 0 Å². The zero-order valence-corrected chi connectivity index (χ0v) is 15.9. The summed E-state index contributed by atoms with van der Waals surface area (Å²) >= 11 is 6.79. The molecule has 26 heavy (non-hydrogen) atoms. The second-order valence-electron chi connectivity index (χ2n) is 6.13. The zero-order chi connectivity index (χ0) is 17.8. The molecule has 0 radical (unpaired) electrons. The van der Waals surface area contributed by atoms with Crippen LogP contribution in [0.1, 0.15) is 0 Å². The van der Waals surface area contributed by atoms with Gasteiger partial charge in [0.25, 0.3) is 0 Å². The highest BCUT2D eigenvalue weighted by Gasteiger charge is 2.48. The highest BCUT2D eigenvalue weighted by atomic mass is 35.5. The Morgan fingerprint density at radius 1 is 0.423 bits per heavy atom. The fourth-order valence-corrected chi connectivity index (χ4v) is 8.35. The van der Waals surface area contributed by atoms with Crippen LogP contribution in [0.4, 0.5) is 0 Å². The lowest BCUT2D eigenvalue weighted by Gasteiger charge is -2.28. The second kappa shape index (κ2) is 7.46. The Hall–Kier alpha value is -2.40. The van der Waals surface area contributed by atoms with Crippen LogP contribution >= 0.6 is 18.9 Å². The number of rotatable bonds is 4. The molecular formula is C24H19ClP+. The van der Waals surface area contributed by atoms with Gasteiger partial charge in [-0.1, -0.05) is 78.3 Å². The first kappa shape index (κ1) is 17.0. The molecule has 126 valence electrons. The Bertz CT molecular complexity index is 885. The lowest BCUT2D eigenvalue weighted by atomic mass is 10.3. The minimum Gasteiger partial charge on any atom is -0.0800 e. The van der Waals surface area contributed by atoms with E-state index < -0.39 is 7.26 Å². The molecule has 0 aromatic heterocycles. The molecule has 0 saturated heterocycles. The van der Waals surface area contributed by atoms with Gasteiger partial charge in [-0.2, -0.15) is 0 Å². The lowest BCUT2D eigenvalue weighted by Crippen LogP contribution is -2.39. The van der Waals surface area contributed by atoms with Crippen LogP contribution in [-0.4, -0.2) is 0 Å². The molecule has 2 heteroatoms. The van der Waals surface area contributed by atoms with Gasteiger partial charge in [0, 0.05) is 0 Å². The quantitative estimate of drug-likeness (QED) is 0.443. The van der Waals surface area contributed by atoms with E-state index in [9.17, 15) is 0 Å². The Labute approximate surface area is 160 Å². The molecule has 0 amide bonds. The fourth-order valence-electron chi connectivity index (χ4n) is 3.54. The van der Waals surface area contributed by atoms with E-state index in [1.165, 1.54) is 21.2 Å². The summed E-state index contributed by atoms with van der Waals surface area (Å²) in [6.07, 6.45) is 0. The molecule has 0 aliphatic rings. The van der Waals surface area contributed by atoms with Crippen LogP contribution < -0.4 is 21.2 Å². The van der Waals surface area contributed by atoms with Gasteiger partial charge in [-0.3, -0.25) is 0 Å². The first-order chi connectivity index (χ1) is 12.8. The topological polar surface area (TPSA) is 0 Å². The van der Waals surface area contributed by atoms with E-state index in [1.54, 1.807) is 0 Å². The molecule has 0 unspecified atom stereocenters. The third-order valence-corrected chi connectivity index (χ3v) is 9.44. The van der Waals surface area contributed by atoms with Crippen molar-refractivity contribution in [3.8, 4) is 0 Å². The summed E-state index contributed by atoms with van der Waals surface area (Å²) in [6, 6.07) is 40.6. The lowest BCUT2D eigenvalue weighted by molar-refractivity contribution is 1.70. The Kier molecular flexibility index (Phi) is 4.89. The van der Waals surface area contributed by atoms with Crippen LogP contribution in [0.5, 0.6) is 0 Å². The standard InChI is InChI=1S/C24H19ClP/c25-23-18-10-11-19-24(23)26(20-12-4-1-5-13-20,21-14-6-2-7-15-21)22-16-8-3-9-17-22/h1-19H/q+1. The van der Waals surface area contributed by atoms with Crippen molar-refractivity contribution in [3.05, 3.63) is 120 Å². The number of hydrogen-bond acceptors (Lipinski definition) is 0. The predicted octanol–water partition coefficient (Wildman–Crippen LogP) is 4.96. The van der Waals surface area contributed by atoms with Crippen LogP contribution in [0.2, 0.25) is 5.02 Å². The molecule has 0 aliphatic heterocycles. The van der Waals surface area contributed by atoms with E-state index in [1.807, 2.05) is 12.1 Å². The third-order valence-electron chi connectivity index (χ3n) is 4.64. The molecule has 0 atom stereocenters. The Morgan fingerprint density at radius 2 is 0.769 bits per heavy atom. The molecule has 0 bridgehead atoms. The van der Waals surface area contributed by atoms with Gasteiger partial charge in [0.15, 0.2) is 0 Å². The Morgan fingerprint density at radius 3 is 1.15 bits per heavy atom. The van der Waals surface area contributed by atoms with Crippen molar-refractivity contribution in [1.82, 2.24) is 0 Å². The van der Waals surface area contributed by atoms with Crippen molar-refractivity contribution >= 4 is 40.1 Å². The van der Waals surface area contributed by atoms with Crippen molar-refractivity contribution < 1.29 is 0 Å². The van der Waals surface area contributed by atoms with Gasteiger partial charge in [0.2, 0.25) is 0 Å². The SMILES string of the molecule is Clc1ccccc1[P+](c1ccccc1)(c1ccccc1)c1ccccc1. The summed E-state index contributed by atoms with van der Waals surface area (Å²) < 4.78 is 0. The van der Waals surface area contributed by atoms with E-state index in [0.717, 1.165) is 5.02 Å². The van der Waals surface area contributed by atoms with Crippen molar-refractivity contribution in [2.24, 2.45) is 0 Å². The van der Waals surface area contributed by atoms with Gasteiger partial charge >= 0.3 is 0 Å². The maximum atomic E-state index is 6.79. The minimum absolute atomic E-state index is 0.817. The van der Waals surface area contributed by atoms with Gasteiger partial charge in [0.1, 0.15) is 28.5 Å². The normalized spacial score (nSPS) is 11.3. The molecule has 0 N–H and O–H groups in total. The summed E-state index contributed by atoms with van der Waals surface area (Å²) in [5.74, 6) is 0. The summed E-state index contributed by atoms with van der Waals surface area (Å²) in [5, 5.41) is 5.95. The summed E-state index contributed by atoms with van der Waals surface area (Å²) in [4.78, 5) is 0. The maximum absolute atomic E-state index is 6.79. The van der Waals surface area contributed by atoms with Crippen LogP contribution in [-0.2, 0) is 0 Å². The number of benzene rings is 4. The minimum atomic E-state index is -2.08. The third kappa shape index (κ3) is 2.86. The molecule has 0 nitrogen and oxygen atoms in total. The molecule has 4 aromatic rings. The largest absolute Gasteiger partial charge is 0.145 e. The average Bonchev–Trinajstić information content (AvgIpc) is 2.72. The second-order valence-corrected chi connectivity index (χ2v) is 9.91. The number of halogens is 1. The van der Waals surface area contributed by atoms with E-state index >= 15 is 0 Å². The smallest absolute Gasteiger partial charge is 0.0800 e. The van der Waals surface area contributed by atoms with E-state index in [0.29, 0.717) is 0 Å². The summed E-state index contributed by atoms with van der Waals surface area (Å²) in [7, 11) is -2.08. The van der Waals surface area contributed by atoms with Crippen molar-refractivity contribution in [2.75, 3.05) is 0 Å². The first-order valence-electron chi connectivity index (χ1n) is 8.64. The molecule has 4 rings (SSSR count). The molecule has 0 fully saturated rings. The van der Waals surface area contributed by atoms with Crippen molar-refractivity contribution in [2.45, 2.75) is 0 Å². The molecule has 0 spiro atoms. The van der Waals surface area contributed by atoms with E-state index in [2.05, 4.69) is 103 Å². The highest BCUT2D eigenvalue weighted by molar-refractivity contribution is 8.01. The molecule has 0 saturated carbocycles. The average molecular weight is 374 g/mol. The molecule has 0 heterocycles. The molecule has 0 aliphatic carbocycles. The van der Waals surface area contributed by atoms with Gasteiger partial charge in [-0.25, -0.2) is 0 Å². The van der Waals surface area contributed by atoms with Crippen LogP contribution in [0, 0.1) is 0 Å². The van der Waals surface area contributed by atoms with E-state index in [-0.39, 0.29) is 0 Å². The molecular weight excluding hydrogens is 355 g/mol. The van der Waals surface area contributed by atoms with Crippen LogP contribution in [0.15, 0.2) is 115 Å². The monoisotopic (exact) mass is 373 g/mol. The fraction of sp³-hybridized carbons (Fsp3) is 0. The summed E-state index contributed by atoms with van der Waals surface area (Å²) in [6.45, 7) is 0. The first-order valence-corrected chi connectivity index (χ1v) is 10.8. The zero-order valence-electron chi connectivity index (χ0n) is 14.3. The van der Waals surface area contributed by atoms with Crippen molar-refractivity contribution in [1.29, 1.82) is 0 Å². The van der Waals surface area contributed by atoms with Gasteiger partial charge in [0.05, 0.1) is 5.02 Å². The van der Waals surface area contributed by atoms with Crippen molar-refractivity contribution in [3.63, 3.8) is 0 Å².